The number of hydrogen-bond donors (Lipinski definition) is 1. The van der Waals surface area contributed by atoms with Crippen molar-refractivity contribution in [3.05, 3.63) is 99.3 Å². The fraction of sp³-hybridized carbons (Fsp3) is 0.207. The molecule has 3 aromatic carbocycles. The minimum absolute atomic E-state index is 0.0226. The quantitative estimate of drug-likeness (QED) is 0.365. The molecule has 0 bridgehead atoms. The SMILES string of the molecule is CCc1ccc2c(c1)c(=O)c(C(=O)c1ccc(C)cc1)cn2CC(=O)Nc1ccc(OC)cc1OC. The van der Waals surface area contributed by atoms with Gasteiger partial charge >= 0.3 is 0 Å². The topological polar surface area (TPSA) is 86.6 Å². The zero-order valence-corrected chi connectivity index (χ0v) is 20.8. The average molecular weight is 485 g/mol. The van der Waals surface area contributed by atoms with Gasteiger partial charge in [0.05, 0.1) is 31.0 Å². The van der Waals surface area contributed by atoms with Crippen molar-refractivity contribution in [1.29, 1.82) is 0 Å². The highest BCUT2D eigenvalue weighted by molar-refractivity contribution is 6.10. The molecule has 1 N–H and O–H groups in total. The first kappa shape index (κ1) is 24.7. The van der Waals surface area contributed by atoms with Gasteiger partial charge in [-0.25, -0.2) is 0 Å². The van der Waals surface area contributed by atoms with Gasteiger partial charge in [0.25, 0.3) is 0 Å². The molecule has 0 saturated heterocycles. The Balaban J connectivity index is 1.75. The van der Waals surface area contributed by atoms with Gasteiger partial charge < -0.3 is 19.4 Å². The number of pyridine rings is 1. The highest BCUT2D eigenvalue weighted by Gasteiger charge is 2.19. The molecule has 0 aliphatic rings. The predicted octanol–water partition coefficient (Wildman–Crippen LogP) is 4.76. The fourth-order valence-electron chi connectivity index (χ4n) is 4.06. The van der Waals surface area contributed by atoms with E-state index in [0.717, 1.165) is 17.5 Å². The van der Waals surface area contributed by atoms with Crippen LogP contribution in [0.3, 0.4) is 0 Å². The molecule has 0 aliphatic heterocycles. The van der Waals surface area contributed by atoms with Crippen LogP contribution >= 0.6 is 0 Å². The van der Waals surface area contributed by atoms with Gasteiger partial charge in [-0.1, -0.05) is 42.8 Å². The summed E-state index contributed by atoms with van der Waals surface area (Å²) in [6.07, 6.45) is 2.21. The summed E-state index contributed by atoms with van der Waals surface area (Å²) in [6, 6.07) is 17.7. The normalized spacial score (nSPS) is 10.8. The van der Waals surface area contributed by atoms with Crippen molar-refractivity contribution >= 4 is 28.3 Å². The van der Waals surface area contributed by atoms with E-state index in [1.807, 2.05) is 38.1 Å². The molecule has 1 amide bonds. The second-order valence-electron chi connectivity index (χ2n) is 8.51. The molecule has 36 heavy (non-hydrogen) atoms. The van der Waals surface area contributed by atoms with E-state index in [-0.39, 0.29) is 29.2 Å². The number of carbonyl (C=O) groups is 2. The summed E-state index contributed by atoms with van der Waals surface area (Å²) >= 11 is 0. The van der Waals surface area contributed by atoms with Crippen LogP contribution in [-0.2, 0) is 17.8 Å². The Bertz CT molecular complexity index is 1500. The lowest BCUT2D eigenvalue weighted by Gasteiger charge is -2.15. The Labute approximate surface area is 209 Å². The van der Waals surface area contributed by atoms with Gasteiger partial charge in [0.1, 0.15) is 18.0 Å². The molecule has 0 unspecified atom stereocenters. The lowest BCUT2D eigenvalue weighted by Crippen LogP contribution is -2.24. The zero-order chi connectivity index (χ0) is 25.8. The van der Waals surface area contributed by atoms with Crippen molar-refractivity contribution in [3.8, 4) is 11.5 Å². The first-order valence-electron chi connectivity index (χ1n) is 11.6. The number of carbonyl (C=O) groups excluding carboxylic acids is 2. The first-order chi connectivity index (χ1) is 17.3. The number of aromatic nitrogens is 1. The van der Waals surface area contributed by atoms with Crippen LogP contribution in [0.15, 0.2) is 71.7 Å². The Morgan fingerprint density at radius 3 is 2.36 bits per heavy atom. The van der Waals surface area contributed by atoms with E-state index in [1.54, 1.807) is 48.1 Å². The number of aryl methyl sites for hydroxylation is 2. The largest absolute Gasteiger partial charge is 0.497 e. The van der Waals surface area contributed by atoms with Crippen LogP contribution in [0.2, 0.25) is 0 Å². The van der Waals surface area contributed by atoms with E-state index in [9.17, 15) is 14.4 Å². The van der Waals surface area contributed by atoms with Gasteiger partial charge in [-0.3, -0.25) is 14.4 Å². The number of fused-ring (bicyclic) bond motifs is 1. The number of ether oxygens (including phenoxy) is 2. The summed E-state index contributed by atoms with van der Waals surface area (Å²) in [5.41, 5.74) is 3.14. The van der Waals surface area contributed by atoms with Crippen LogP contribution in [0, 0.1) is 6.92 Å². The van der Waals surface area contributed by atoms with E-state index in [2.05, 4.69) is 5.32 Å². The monoisotopic (exact) mass is 484 g/mol. The molecular formula is C29H28N2O5. The number of rotatable bonds is 8. The van der Waals surface area contributed by atoms with E-state index >= 15 is 0 Å². The van der Waals surface area contributed by atoms with Gasteiger partial charge in [0, 0.05) is 23.2 Å². The van der Waals surface area contributed by atoms with Crippen molar-refractivity contribution in [2.45, 2.75) is 26.8 Å². The van der Waals surface area contributed by atoms with Crippen LogP contribution in [0.5, 0.6) is 11.5 Å². The molecule has 0 spiro atoms. The third kappa shape index (κ3) is 5.00. The maximum atomic E-state index is 13.4. The predicted molar refractivity (Wildman–Crippen MR) is 140 cm³/mol. The molecule has 1 aromatic heterocycles. The minimum Gasteiger partial charge on any atom is -0.497 e. The molecule has 0 radical (unpaired) electrons. The van der Waals surface area contributed by atoms with Crippen LogP contribution in [-0.4, -0.2) is 30.5 Å². The number of benzene rings is 3. The zero-order valence-electron chi connectivity index (χ0n) is 20.8. The van der Waals surface area contributed by atoms with Crippen molar-refractivity contribution in [1.82, 2.24) is 4.57 Å². The number of nitrogens with zero attached hydrogens (tertiary/aromatic N) is 1. The summed E-state index contributed by atoms with van der Waals surface area (Å²) in [6.45, 7) is 3.82. The molecule has 184 valence electrons. The van der Waals surface area contributed by atoms with Gasteiger partial charge in [-0.15, -0.1) is 0 Å². The Hall–Kier alpha value is -4.39. The van der Waals surface area contributed by atoms with Gasteiger partial charge in [0.2, 0.25) is 11.3 Å². The number of anilines is 1. The Morgan fingerprint density at radius 1 is 0.944 bits per heavy atom. The number of ketones is 1. The molecule has 0 saturated carbocycles. The second-order valence-corrected chi connectivity index (χ2v) is 8.51. The van der Waals surface area contributed by atoms with Crippen LogP contribution in [0.4, 0.5) is 5.69 Å². The van der Waals surface area contributed by atoms with Crippen LogP contribution < -0.4 is 20.2 Å². The molecule has 0 aliphatic carbocycles. The molecular weight excluding hydrogens is 456 g/mol. The van der Waals surface area contributed by atoms with Gasteiger partial charge in [0.15, 0.2) is 5.78 Å². The maximum Gasteiger partial charge on any atom is 0.244 e. The van der Waals surface area contributed by atoms with Gasteiger partial charge in [-0.2, -0.15) is 0 Å². The highest BCUT2D eigenvalue weighted by Crippen LogP contribution is 2.29. The lowest BCUT2D eigenvalue weighted by molar-refractivity contribution is -0.116. The smallest absolute Gasteiger partial charge is 0.244 e. The van der Waals surface area contributed by atoms with E-state index in [4.69, 9.17) is 9.47 Å². The average Bonchev–Trinajstić information content (AvgIpc) is 2.90. The third-order valence-corrected chi connectivity index (χ3v) is 6.11. The molecule has 4 aromatic rings. The lowest BCUT2D eigenvalue weighted by atomic mass is 10.00. The molecule has 7 nitrogen and oxygen atoms in total. The molecule has 4 rings (SSSR count). The summed E-state index contributed by atoms with van der Waals surface area (Å²) in [5.74, 6) is 0.337. The number of amides is 1. The molecule has 7 heteroatoms. The third-order valence-electron chi connectivity index (χ3n) is 6.11. The second kappa shape index (κ2) is 10.5. The number of nitrogens with one attached hydrogen (secondary N) is 1. The van der Waals surface area contributed by atoms with Crippen molar-refractivity contribution in [2.24, 2.45) is 0 Å². The van der Waals surface area contributed by atoms with E-state index in [0.29, 0.717) is 33.7 Å². The number of hydrogen-bond acceptors (Lipinski definition) is 5. The van der Waals surface area contributed by atoms with Crippen molar-refractivity contribution in [2.75, 3.05) is 19.5 Å². The minimum atomic E-state index is -0.380. The highest BCUT2D eigenvalue weighted by atomic mass is 16.5. The van der Waals surface area contributed by atoms with Gasteiger partial charge in [-0.05, 0) is 43.2 Å². The summed E-state index contributed by atoms with van der Waals surface area (Å²) in [4.78, 5) is 39.8. The maximum absolute atomic E-state index is 13.4. The standard InChI is InChI=1S/C29H28N2O5/c1-5-19-8-13-25-22(14-19)29(34)23(28(33)20-9-6-18(2)7-10-20)16-31(25)17-27(32)30-24-12-11-21(35-3)15-26(24)36-4/h6-16H,5,17H2,1-4H3,(H,30,32). The molecule has 1 heterocycles. The van der Waals surface area contributed by atoms with Crippen molar-refractivity contribution < 1.29 is 19.1 Å². The number of methoxy groups -OCH3 is 2. The van der Waals surface area contributed by atoms with Crippen LogP contribution in [0.25, 0.3) is 10.9 Å². The molecule has 0 fully saturated rings. The van der Waals surface area contributed by atoms with E-state index < -0.39 is 0 Å². The van der Waals surface area contributed by atoms with E-state index in [1.165, 1.54) is 13.3 Å². The summed E-state index contributed by atoms with van der Waals surface area (Å²) in [5, 5.41) is 3.25. The summed E-state index contributed by atoms with van der Waals surface area (Å²) < 4.78 is 12.2. The Morgan fingerprint density at radius 2 is 1.69 bits per heavy atom. The first-order valence-corrected chi connectivity index (χ1v) is 11.6. The van der Waals surface area contributed by atoms with Crippen molar-refractivity contribution in [3.63, 3.8) is 0 Å². The summed E-state index contributed by atoms with van der Waals surface area (Å²) in [7, 11) is 3.06. The fourth-order valence-corrected chi connectivity index (χ4v) is 4.06. The molecule has 0 atom stereocenters. The van der Waals surface area contributed by atoms with Crippen LogP contribution in [0.1, 0.15) is 34.0 Å². The Kier molecular flexibility index (Phi) is 7.20.